The molecular formula is C24H29N. The highest BCUT2D eigenvalue weighted by atomic mass is 14.3. The SMILES string of the molecule is CCCc1ccc([C@H]2CC[C@H](CCc3ccc(C#N)cc3)CC2)cc1. The Labute approximate surface area is 152 Å². The van der Waals surface area contributed by atoms with E-state index in [-0.39, 0.29) is 0 Å². The predicted molar refractivity (Wildman–Crippen MR) is 105 cm³/mol. The van der Waals surface area contributed by atoms with Crippen molar-refractivity contribution in [3.63, 3.8) is 0 Å². The van der Waals surface area contributed by atoms with Gasteiger partial charge >= 0.3 is 0 Å². The second kappa shape index (κ2) is 8.86. The fourth-order valence-corrected chi connectivity index (χ4v) is 4.15. The van der Waals surface area contributed by atoms with Crippen LogP contribution in [0.2, 0.25) is 0 Å². The summed E-state index contributed by atoms with van der Waals surface area (Å²) in [6.07, 6.45) is 10.2. The first-order valence-electron chi connectivity index (χ1n) is 9.86. The van der Waals surface area contributed by atoms with Crippen molar-refractivity contribution in [2.45, 2.75) is 64.2 Å². The Kier molecular flexibility index (Phi) is 6.29. The lowest BCUT2D eigenvalue weighted by Crippen LogP contribution is -2.14. The topological polar surface area (TPSA) is 23.8 Å². The molecule has 0 aliphatic heterocycles. The van der Waals surface area contributed by atoms with Crippen LogP contribution in [0, 0.1) is 17.2 Å². The van der Waals surface area contributed by atoms with E-state index in [2.05, 4.69) is 49.4 Å². The van der Waals surface area contributed by atoms with Gasteiger partial charge in [0.15, 0.2) is 0 Å². The monoisotopic (exact) mass is 331 g/mol. The maximum absolute atomic E-state index is 8.87. The molecule has 0 aromatic heterocycles. The third-order valence-electron chi connectivity index (χ3n) is 5.76. The summed E-state index contributed by atoms with van der Waals surface area (Å²) >= 11 is 0. The molecule has 1 aliphatic carbocycles. The normalized spacial score (nSPS) is 20.2. The summed E-state index contributed by atoms with van der Waals surface area (Å²) in [4.78, 5) is 0. The van der Waals surface area contributed by atoms with Crippen molar-refractivity contribution in [1.82, 2.24) is 0 Å². The molecule has 0 radical (unpaired) electrons. The Bertz CT molecular complexity index is 682. The van der Waals surface area contributed by atoms with Crippen LogP contribution in [0.15, 0.2) is 48.5 Å². The second-order valence-corrected chi connectivity index (χ2v) is 7.56. The van der Waals surface area contributed by atoms with Crippen molar-refractivity contribution in [1.29, 1.82) is 5.26 Å². The summed E-state index contributed by atoms with van der Waals surface area (Å²) in [5.41, 5.74) is 5.15. The van der Waals surface area contributed by atoms with Crippen molar-refractivity contribution in [2.24, 2.45) is 5.92 Å². The van der Waals surface area contributed by atoms with Gasteiger partial charge in [-0.05, 0) is 85.6 Å². The second-order valence-electron chi connectivity index (χ2n) is 7.56. The number of hydrogen-bond acceptors (Lipinski definition) is 1. The highest BCUT2D eigenvalue weighted by Gasteiger charge is 2.22. The van der Waals surface area contributed by atoms with Crippen LogP contribution < -0.4 is 0 Å². The van der Waals surface area contributed by atoms with E-state index < -0.39 is 0 Å². The summed E-state index contributed by atoms with van der Waals surface area (Å²) in [7, 11) is 0. The number of nitriles is 1. The third-order valence-corrected chi connectivity index (χ3v) is 5.76. The molecule has 0 amide bonds. The lowest BCUT2D eigenvalue weighted by molar-refractivity contribution is 0.310. The van der Waals surface area contributed by atoms with Gasteiger partial charge in [-0.15, -0.1) is 0 Å². The van der Waals surface area contributed by atoms with E-state index >= 15 is 0 Å². The largest absolute Gasteiger partial charge is 0.192 e. The van der Waals surface area contributed by atoms with Crippen molar-refractivity contribution in [3.8, 4) is 6.07 Å². The van der Waals surface area contributed by atoms with Gasteiger partial charge in [0.1, 0.15) is 0 Å². The minimum Gasteiger partial charge on any atom is -0.192 e. The molecule has 0 saturated heterocycles. The van der Waals surface area contributed by atoms with Crippen molar-refractivity contribution < 1.29 is 0 Å². The molecule has 0 heterocycles. The standard InChI is InChI=1S/C24H29N/c1-2-3-19-10-14-23(15-11-19)24-16-12-21(13-17-24)5-4-20-6-8-22(18-25)9-7-20/h6-11,14-15,21,24H,2-5,12-13,16-17H2,1H3/t21-,24-. The first-order valence-corrected chi connectivity index (χ1v) is 9.86. The highest BCUT2D eigenvalue weighted by molar-refractivity contribution is 5.31. The number of benzene rings is 2. The molecule has 1 saturated carbocycles. The van der Waals surface area contributed by atoms with Crippen LogP contribution in [0.3, 0.4) is 0 Å². The van der Waals surface area contributed by atoms with E-state index in [0.29, 0.717) is 0 Å². The Balaban J connectivity index is 1.45. The van der Waals surface area contributed by atoms with Gasteiger partial charge in [-0.3, -0.25) is 0 Å². The average Bonchev–Trinajstić information content (AvgIpc) is 2.68. The zero-order valence-electron chi connectivity index (χ0n) is 15.4. The number of rotatable bonds is 6. The van der Waals surface area contributed by atoms with E-state index in [4.69, 9.17) is 5.26 Å². The smallest absolute Gasteiger partial charge is 0.0991 e. The first-order chi connectivity index (χ1) is 12.3. The molecule has 0 unspecified atom stereocenters. The summed E-state index contributed by atoms with van der Waals surface area (Å²) in [5, 5.41) is 8.87. The Hall–Kier alpha value is -2.07. The molecule has 0 N–H and O–H groups in total. The maximum Gasteiger partial charge on any atom is 0.0991 e. The zero-order valence-corrected chi connectivity index (χ0v) is 15.4. The Morgan fingerprint density at radius 3 is 2.04 bits per heavy atom. The van der Waals surface area contributed by atoms with Crippen LogP contribution in [-0.2, 0) is 12.8 Å². The summed E-state index contributed by atoms with van der Waals surface area (Å²) in [5.74, 6) is 1.63. The Morgan fingerprint density at radius 2 is 1.44 bits per heavy atom. The minimum absolute atomic E-state index is 0.759. The molecular weight excluding hydrogens is 302 g/mol. The number of hydrogen-bond donors (Lipinski definition) is 0. The molecule has 0 bridgehead atoms. The van der Waals surface area contributed by atoms with Gasteiger partial charge in [0.2, 0.25) is 0 Å². The van der Waals surface area contributed by atoms with Gasteiger partial charge in [-0.25, -0.2) is 0 Å². The fraction of sp³-hybridized carbons (Fsp3) is 0.458. The molecule has 25 heavy (non-hydrogen) atoms. The molecule has 130 valence electrons. The molecule has 1 nitrogen and oxygen atoms in total. The van der Waals surface area contributed by atoms with Crippen molar-refractivity contribution in [2.75, 3.05) is 0 Å². The molecule has 1 aliphatic rings. The molecule has 2 aromatic carbocycles. The van der Waals surface area contributed by atoms with E-state index in [1.54, 1.807) is 5.56 Å². The molecule has 0 spiro atoms. The van der Waals surface area contributed by atoms with Crippen LogP contribution in [0.4, 0.5) is 0 Å². The lowest BCUT2D eigenvalue weighted by atomic mass is 9.77. The number of aryl methyl sites for hydroxylation is 2. The summed E-state index contributed by atoms with van der Waals surface area (Å²) < 4.78 is 0. The van der Waals surface area contributed by atoms with Crippen LogP contribution in [0.5, 0.6) is 0 Å². The summed E-state index contributed by atoms with van der Waals surface area (Å²) in [6.45, 7) is 2.24. The van der Waals surface area contributed by atoms with Crippen LogP contribution in [0.1, 0.15) is 73.6 Å². The van der Waals surface area contributed by atoms with Gasteiger partial charge in [0.25, 0.3) is 0 Å². The molecule has 2 aromatic rings. The van der Waals surface area contributed by atoms with Gasteiger partial charge in [0, 0.05) is 0 Å². The van der Waals surface area contributed by atoms with Crippen LogP contribution in [0.25, 0.3) is 0 Å². The minimum atomic E-state index is 0.759. The van der Waals surface area contributed by atoms with Gasteiger partial charge in [0.05, 0.1) is 11.6 Å². The number of nitrogens with zero attached hydrogens (tertiary/aromatic N) is 1. The van der Waals surface area contributed by atoms with Crippen LogP contribution in [-0.4, -0.2) is 0 Å². The molecule has 1 heteroatoms. The molecule has 0 atom stereocenters. The van der Waals surface area contributed by atoms with Crippen molar-refractivity contribution >= 4 is 0 Å². The highest BCUT2D eigenvalue weighted by Crippen LogP contribution is 2.37. The van der Waals surface area contributed by atoms with Gasteiger partial charge < -0.3 is 0 Å². The van der Waals surface area contributed by atoms with E-state index in [9.17, 15) is 0 Å². The molecule has 1 fully saturated rings. The van der Waals surface area contributed by atoms with Crippen LogP contribution >= 0.6 is 0 Å². The fourth-order valence-electron chi connectivity index (χ4n) is 4.15. The summed E-state index contributed by atoms with van der Waals surface area (Å²) in [6, 6.07) is 19.7. The van der Waals surface area contributed by atoms with Gasteiger partial charge in [-0.2, -0.15) is 5.26 Å². The lowest BCUT2D eigenvalue weighted by Gasteiger charge is -2.29. The third kappa shape index (κ3) is 4.95. The average molecular weight is 332 g/mol. The first kappa shape index (κ1) is 17.7. The quantitative estimate of drug-likeness (QED) is 0.599. The zero-order chi connectivity index (χ0) is 17.5. The van der Waals surface area contributed by atoms with Crippen molar-refractivity contribution in [3.05, 3.63) is 70.8 Å². The Morgan fingerprint density at radius 1 is 0.840 bits per heavy atom. The van der Waals surface area contributed by atoms with E-state index in [0.717, 1.165) is 23.8 Å². The van der Waals surface area contributed by atoms with E-state index in [1.807, 2.05) is 12.1 Å². The van der Waals surface area contributed by atoms with Gasteiger partial charge in [-0.1, -0.05) is 49.7 Å². The maximum atomic E-state index is 8.87. The predicted octanol–water partition coefficient (Wildman–Crippen LogP) is 6.42. The van der Waals surface area contributed by atoms with E-state index in [1.165, 1.54) is 56.1 Å². The molecule has 3 rings (SSSR count).